The topological polar surface area (TPSA) is 56.8 Å². The molecule has 0 fully saturated rings. The van der Waals surface area contributed by atoms with E-state index in [2.05, 4.69) is 11.9 Å². The summed E-state index contributed by atoms with van der Waals surface area (Å²) in [6, 6.07) is 0. The normalized spacial score (nSPS) is 11.7. The number of nitrogens with one attached hydrogen (secondary N) is 1. The SMILES string of the molecule is C=C(C)OCOCCNC(=O)OC(C)CC. The average Bonchev–Trinajstić information content (AvgIpc) is 2.22. The van der Waals surface area contributed by atoms with Gasteiger partial charge in [0, 0.05) is 6.54 Å². The van der Waals surface area contributed by atoms with Crippen molar-refractivity contribution in [3.8, 4) is 0 Å². The maximum Gasteiger partial charge on any atom is 0.407 e. The molecule has 1 atom stereocenters. The van der Waals surface area contributed by atoms with Crippen LogP contribution in [0.4, 0.5) is 4.79 Å². The minimum atomic E-state index is -0.418. The van der Waals surface area contributed by atoms with Crippen molar-refractivity contribution in [1.82, 2.24) is 5.32 Å². The lowest BCUT2D eigenvalue weighted by atomic mass is 10.3. The smallest absolute Gasteiger partial charge is 0.407 e. The number of hydrogen-bond acceptors (Lipinski definition) is 4. The molecule has 5 heteroatoms. The third-order valence-electron chi connectivity index (χ3n) is 1.79. The lowest BCUT2D eigenvalue weighted by Gasteiger charge is -2.12. The summed E-state index contributed by atoms with van der Waals surface area (Å²) in [4.78, 5) is 11.1. The monoisotopic (exact) mass is 231 g/mol. The molecule has 0 aromatic carbocycles. The summed E-state index contributed by atoms with van der Waals surface area (Å²) >= 11 is 0. The van der Waals surface area contributed by atoms with Crippen molar-refractivity contribution in [3.05, 3.63) is 12.3 Å². The van der Waals surface area contributed by atoms with Gasteiger partial charge in [-0.25, -0.2) is 4.79 Å². The molecule has 1 unspecified atom stereocenters. The van der Waals surface area contributed by atoms with Crippen molar-refractivity contribution in [3.63, 3.8) is 0 Å². The van der Waals surface area contributed by atoms with E-state index in [0.717, 1.165) is 6.42 Å². The molecule has 0 spiro atoms. The van der Waals surface area contributed by atoms with Crippen LogP contribution >= 0.6 is 0 Å². The zero-order valence-corrected chi connectivity index (χ0v) is 10.2. The predicted octanol–water partition coefficient (Wildman–Crippen LogP) is 2.04. The molecule has 0 aliphatic heterocycles. The highest BCUT2D eigenvalue weighted by Crippen LogP contribution is 1.95. The van der Waals surface area contributed by atoms with Gasteiger partial charge in [0.15, 0.2) is 6.79 Å². The first-order valence-electron chi connectivity index (χ1n) is 5.36. The van der Waals surface area contributed by atoms with Gasteiger partial charge in [0.1, 0.15) is 6.10 Å². The van der Waals surface area contributed by atoms with Crippen molar-refractivity contribution in [2.75, 3.05) is 19.9 Å². The van der Waals surface area contributed by atoms with Crippen LogP contribution < -0.4 is 5.32 Å². The van der Waals surface area contributed by atoms with Crippen LogP contribution in [0.2, 0.25) is 0 Å². The Morgan fingerprint density at radius 1 is 1.50 bits per heavy atom. The molecule has 0 aromatic heterocycles. The summed E-state index contributed by atoms with van der Waals surface area (Å²) in [6.45, 7) is 10.0. The largest absolute Gasteiger partial charge is 0.473 e. The van der Waals surface area contributed by atoms with Crippen molar-refractivity contribution < 1.29 is 19.0 Å². The second kappa shape index (κ2) is 9.03. The highest BCUT2D eigenvalue weighted by molar-refractivity contribution is 5.67. The molecular weight excluding hydrogens is 210 g/mol. The second-order valence-corrected chi connectivity index (χ2v) is 3.42. The Morgan fingerprint density at radius 2 is 2.19 bits per heavy atom. The molecule has 1 amide bonds. The van der Waals surface area contributed by atoms with Gasteiger partial charge in [-0.2, -0.15) is 0 Å². The Kier molecular flexibility index (Phi) is 8.34. The average molecular weight is 231 g/mol. The molecule has 0 bridgehead atoms. The first-order chi connectivity index (χ1) is 7.56. The molecule has 0 aromatic rings. The number of hydrogen-bond donors (Lipinski definition) is 1. The van der Waals surface area contributed by atoms with E-state index in [1.54, 1.807) is 6.92 Å². The summed E-state index contributed by atoms with van der Waals surface area (Å²) in [6.07, 6.45) is 0.322. The quantitative estimate of drug-likeness (QED) is 0.394. The van der Waals surface area contributed by atoms with Crippen molar-refractivity contribution in [1.29, 1.82) is 0 Å². The van der Waals surface area contributed by atoms with Gasteiger partial charge in [-0.05, 0) is 20.3 Å². The van der Waals surface area contributed by atoms with Crippen molar-refractivity contribution >= 4 is 6.09 Å². The zero-order valence-electron chi connectivity index (χ0n) is 10.2. The van der Waals surface area contributed by atoms with Crippen LogP contribution in [0.25, 0.3) is 0 Å². The van der Waals surface area contributed by atoms with Crippen LogP contribution in [0.1, 0.15) is 27.2 Å². The summed E-state index contributed by atoms with van der Waals surface area (Å²) in [7, 11) is 0. The fourth-order valence-corrected chi connectivity index (χ4v) is 0.734. The molecule has 1 N–H and O–H groups in total. The second-order valence-electron chi connectivity index (χ2n) is 3.42. The van der Waals surface area contributed by atoms with E-state index in [9.17, 15) is 4.79 Å². The predicted molar refractivity (Wildman–Crippen MR) is 61.0 cm³/mol. The maximum absolute atomic E-state index is 11.1. The molecule has 0 saturated heterocycles. The third kappa shape index (κ3) is 9.33. The molecular formula is C11H21NO4. The van der Waals surface area contributed by atoms with Crippen LogP contribution in [0, 0.1) is 0 Å². The van der Waals surface area contributed by atoms with E-state index in [1.165, 1.54) is 0 Å². The Labute approximate surface area is 96.8 Å². The highest BCUT2D eigenvalue weighted by atomic mass is 16.7. The van der Waals surface area contributed by atoms with E-state index in [4.69, 9.17) is 14.2 Å². The van der Waals surface area contributed by atoms with Crippen LogP contribution in [0.15, 0.2) is 12.3 Å². The number of rotatable bonds is 8. The molecule has 0 radical (unpaired) electrons. The number of ether oxygens (including phenoxy) is 3. The van der Waals surface area contributed by atoms with E-state index >= 15 is 0 Å². The summed E-state index contributed by atoms with van der Waals surface area (Å²) in [5, 5.41) is 2.57. The minimum Gasteiger partial charge on any atom is -0.473 e. The standard InChI is InChI=1S/C11H21NO4/c1-5-10(4)16-11(13)12-6-7-14-8-15-9(2)3/h10H,2,5-8H2,1,3-4H3,(H,12,13). The van der Waals surface area contributed by atoms with Crippen molar-refractivity contribution in [2.45, 2.75) is 33.3 Å². The lowest BCUT2D eigenvalue weighted by molar-refractivity contribution is -0.0208. The van der Waals surface area contributed by atoms with Gasteiger partial charge in [-0.15, -0.1) is 0 Å². The maximum atomic E-state index is 11.1. The van der Waals surface area contributed by atoms with Gasteiger partial charge in [0.25, 0.3) is 0 Å². The fraction of sp³-hybridized carbons (Fsp3) is 0.727. The number of allylic oxidation sites excluding steroid dienone is 1. The first kappa shape index (κ1) is 14.8. The number of carbonyl (C=O) groups excluding carboxylic acids is 1. The van der Waals surface area contributed by atoms with Gasteiger partial charge in [-0.3, -0.25) is 0 Å². The summed E-state index contributed by atoms with van der Waals surface area (Å²) in [5.41, 5.74) is 0. The fourth-order valence-electron chi connectivity index (χ4n) is 0.734. The Bertz CT molecular complexity index is 218. The molecule has 16 heavy (non-hydrogen) atoms. The molecule has 0 saturated carbocycles. The molecule has 5 nitrogen and oxygen atoms in total. The summed E-state index contributed by atoms with van der Waals surface area (Å²) < 4.78 is 15.0. The lowest BCUT2D eigenvalue weighted by Crippen LogP contribution is -2.30. The molecule has 94 valence electrons. The van der Waals surface area contributed by atoms with Crippen LogP contribution in [0.5, 0.6) is 0 Å². The zero-order chi connectivity index (χ0) is 12.4. The Balaban J connectivity index is 3.31. The summed E-state index contributed by atoms with van der Waals surface area (Å²) in [5.74, 6) is 0.601. The van der Waals surface area contributed by atoms with Gasteiger partial charge in [0.05, 0.1) is 12.4 Å². The number of alkyl carbamates (subject to hydrolysis) is 1. The highest BCUT2D eigenvalue weighted by Gasteiger charge is 2.05. The van der Waals surface area contributed by atoms with E-state index in [-0.39, 0.29) is 12.9 Å². The molecule has 0 aliphatic carbocycles. The van der Waals surface area contributed by atoms with E-state index in [1.807, 2.05) is 13.8 Å². The van der Waals surface area contributed by atoms with Gasteiger partial charge >= 0.3 is 6.09 Å². The van der Waals surface area contributed by atoms with E-state index in [0.29, 0.717) is 18.9 Å². The first-order valence-corrected chi connectivity index (χ1v) is 5.36. The number of amides is 1. The van der Waals surface area contributed by atoms with Gasteiger partial charge in [-0.1, -0.05) is 13.5 Å². The minimum absolute atomic E-state index is 0.0623. The molecule has 0 rings (SSSR count). The van der Waals surface area contributed by atoms with Crippen LogP contribution in [0.3, 0.4) is 0 Å². The van der Waals surface area contributed by atoms with Gasteiger partial charge < -0.3 is 19.5 Å². The Hall–Kier alpha value is -1.23. The van der Waals surface area contributed by atoms with Gasteiger partial charge in [0.2, 0.25) is 0 Å². The molecule has 0 heterocycles. The third-order valence-corrected chi connectivity index (χ3v) is 1.79. The van der Waals surface area contributed by atoms with Crippen LogP contribution in [-0.4, -0.2) is 32.1 Å². The molecule has 0 aliphatic rings. The van der Waals surface area contributed by atoms with E-state index < -0.39 is 6.09 Å². The van der Waals surface area contributed by atoms with Crippen LogP contribution in [-0.2, 0) is 14.2 Å². The number of carbonyl (C=O) groups is 1. The van der Waals surface area contributed by atoms with Crippen molar-refractivity contribution in [2.24, 2.45) is 0 Å². The Morgan fingerprint density at radius 3 is 2.75 bits per heavy atom.